The summed E-state index contributed by atoms with van der Waals surface area (Å²) >= 11 is 0. The first-order valence-electron chi connectivity index (χ1n) is 9.76. The molecule has 1 aromatic carbocycles. The zero-order valence-corrected chi connectivity index (χ0v) is 17.5. The van der Waals surface area contributed by atoms with Crippen molar-refractivity contribution in [3.05, 3.63) is 90.0 Å². The molecule has 0 bridgehead atoms. The van der Waals surface area contributed by atoms with Crippen LogP contribution in [-0.2, 0) is 16.8 Å². The fourth-order valence-corrected chi connectivity index (χ4v) is 3.22. The molecular weight excluding hydrogens is 360 g/mol. The van der Waals surface area contributed by atoms with Crippen LogP contribution in [-0.4, -0.2) is 22.9 Å². The molecule has 3 rings (SSSR count). The van der Waals surface area contributed by atoms with E-state index in [1.165, 1.54) is 5.56 Å². The van der Waals surface area contributed by atoms with E-state index >= 15 is 0 Å². The number of nitrogens with one attached hydrogen (secondary N) is 1. The molecule has 0 saturated carbocycles. The third kappa shape index (κ3) is 5.19. The maximum Gasteiger partial charge on any atom is 0.247 e. The summed E-state index contributed by atoms with van der Waals surface area (Å²) in [6.07, 6.45) is 6.94. The maximum absolute atomic E-state index is 13.2. The van der Waals surface area contributed by atoms with E-state index in [0.29, 0.717) is 6.54 Å². The molecule has 0 saturated heterocycles. The van der Waals surface area contributed by atoms with Crippen LogP contribution < -0.4 is 10.2 Å². The normalized spacial score (nSPS) is 12.3. The molecule has 1 amide bonds. The quantitative estimate of drug-likeness (QED) is 0.685. The van der Waals surface area contributed by atoms with Crippen molar-refractivity contribution >= 4 is 11.6 Å². The van der Waals surface area contributed by atoms with Gasteiger partial charge < -0.3 is 10.2 Å². The van der Waals surface area contributed by atoms with Gasteiger partial charge in [0, 0.05) is 49.6 Å². The largest absolute Gasteiger partial charge is 0.359 e. The second-order valence-electron chi connectivity index (χ2n) is 8.18. The summed E-state index contributed by atoms with van der Waals surface area (Å²) in [6.45, 7) is 7.00. The minimum Gasteiger partial charge on any atom is -0.359 e. The average molecular weight is 389 g/mol. The molecule has 0 aliphatic heterocycles. The van der Waals surface area contributed by atoms with Crippen LogP contribution in [0.2, 0.25) is 0 Å². The molecule has 1 N–H and O–H groups in total. The van der Waals surface area contributed by atoms with Crippen molar-refractivity contribution in [2.45, 2.75) is 38.8 Å². The Morgan fingerprint density at radius 1 is 1.00 bits per heavy atom. The number of amides is 1. The minimum atomic E-state index is -0.485. The third-order valence-electron chi connectivity index (χ3n) is 4.97. The van der Waals surface area contributed by atoms with Crippen molar-refractivity contribution in [1.82, 2.24) is 15.3 Å². The minimum absolute atomic E-state index is 0.0794. The Morgan fingerprint density at radius 2 is 1.66 bits per heavy atom. The summed E-state index contributed by atoms with van der Waals surface area (Å²) in [5, 5.41) is 3.04. The monoisotopic (exact) mass is 388 g/mol. The molecule has 150 valence electrons. The van der Waals surface area contributed by atoms with Gasteiger partial charge in [-0.25, -0.2) is 0 Å². The third-order valence-corrected chi connectivity index (χ3v) is 4.97. The molecular formula is C24H28N4O. The topological polar surface area (TPSA) is 58.1 Å². The highest BCUT2D eigenvalue weighted by molar-refractivity contribution is 5.86. The number of benzene rings is 1. The fraction of sp³-hybridized carbons (Fsp3) is 0.292. The predicted molar refractivity (Wildman–Crippen MR) is 117 cm³/mol. The summed E-state index contributed by atoms with van der Waals surface area (Å²) in [5.41, 5.74) is 4.12. The number of aromatic nitrogens is 2. The highest BCUT2D eigenvalue weighted by Crippen LogP contribution is 2.29. The first-order valence-corrected chi connectivity index (χ1v) is 9.76. The lowest BCUT2D eigenvalue weighted by molar-refractivity contribution is -0.122. The average Bonchev–Trinajstić information content (AvgIpc) is 2.73. The van der Waals surface area contributed by atoms with E-state index in [1.54, 1.807) is 24.8 Å². The van der Waals surface area contributed by atoms with Gasteiger partial charge in [0.15, 0.2) is 0 Å². The van der Waals surface area contributed by atoms with E-state index in [4.69, 9.17) is 0 Å². The summed E-state index contributed by atoms with van der Waals surface area (Å²) in [7, 11) is 1.94. The SMILES string of the molecule is CN(c1ccc(C(C)(C)C)cc1)C(C(=O)NCc1cccnc1)c1cccnc1. The van der Waals surface area contributed by atoms with Crippen molar-refractivity contribution in [2.24, 2.45) is 0 Å². The molecule has 2 aromatic heterocycles. The van der Waals surface area contributed by atoms with E-state index < -0.39 is 6.04 Å². The predicted octanol–water partition coefficient (Wildman–Crippen LogP) is 4.27. The molecule has 2 heterocycles. The molecule has 1 unspecified atom stereocenters. The summed E-state index contributed by atoms with van der Waals surface area (Å²) in [5.74, 6) is -0.0794. The lowest BCUT2D eigenvalue weighted by atomic mass is 9.87. The lowest BCUT2D eigenvalue weighted by Crippen LogP contribution is -2.38. The van der Waals surface area contributed by atoms with Crippen molar-refractivity contribution in [1.29, 1.82) is 0 Å². The number of rotatable bonds is 6. The molecule has 3 aromatic rings. The van der Waals surface area contributed by atoms with E-state index in [0.717, 1.165) is 16.8 Å². The van der Waals surface area contributed by atoms with Gasteiger partial charge in [-0.15, -0.1) is 0 Å². The van der Waals surface area contributed by atoms with Gasteiger partial charge in [0.25, 0.3) is 0 Å². The summed E-state index contributed by atoms with van der Waals surface area (Å²) in [4.78, 5) is 23.5. The Balaban J connectivity index is 1.84. The summed E-state index contributed by atoms with van der Waals surface area (Å²) < 4.78 is 0. The van der Waals surface area contributed by atoms with Crippen LogP contribution in [0.25, 0.3) is 0 Å². The van der Waals surface area contributed by atoms with Gasteiger partial charge in [-0.1, -0.05) is 45.0 Å². The molecule has 0 radical (unpaired) electrons. The van der Waals surface area contributed by atoms with Gasteiger partial charge in [0.05, 0.1) is 0 Å². The number of likely N-dealkylation sites (N-methyl/N-ethyl adjacent to an activating group) is 1. The van der Waals surface area contributed by atoms with Crippen LogP contribution in [0.15, 0.2) is 73.3 Å². The molecule has 5 nitrogen and oxygen atoms in total. The van der Waals surface area contributed by atoms with Gasteiger partial charge in [0.2, 0.25) is 5.91 Å². The van der Waals surface area contributed by atoms with Crippen LogP contribution in [0.1, 0.15) is 43.5 Å². The number of nitrogens with zero attached hydrogens (tertiary/aromatic N) is 3. The standard InChI is InChI=1S/C24H28N4O/c1-24(2,3)20-9-11-21(12-10-20)28(4)22(19-8-6-14-26-17-19)23(29)27-16-18-7-5-13-25-15-18/h5-15,17,22H,16H2,1-4H3,(H,27,29). The van der Waals surface area contributed by atoms with Crippen molar-refractivity contribution in [3.63, 3.8) is 0 Å². The van der Waals surface area contributed by atoms with Gasteiger partial charge in [-0.05, 0) is 40.8 Å². The van der Waals surface area contributed by atoms with Crippen molar-refractivity contribution in [2.75, 3.05) is 11.9 Å². The first kappa shape index (κ1) is 20.5. The number of hydrogen-bond acceptors (Lipinski definition) is 4. The number of carbonyl (C=O) groups is 1. The molecule has 29 heavy (non-hydrogen) atoms. The summed E-state index contributed by atoms with van der Waals surface area (Å²) in [6, 6.07) is 15.5. The van der Waals surface area contributed by atoms with Crippen LogP contribution >= 0.6 is 0 Å². The second kappa shape index (κ2) is 8.86. The first-order chi connectivity index (χ1) is 13.9. The van der Waals surface area contributed by atoms with Gasteiger partial charge in [-0.2, -0.15) is 0 Å². The zero-order chi connectivity index (χ0) is 20.9. The highest BCUT2D eigenvalue weighted by Gasteiger charge is 2.26. The Bertz CT molecular complexity index is 919. The molecule has 1 atom stereocenters. The van der Waals surface area contributed by atoms with Gasteiger partial charge >= 0.3 is 0 Å². The highest BCUT2D eigenvalue weighted by atomic mass is 16.2. The Kier molecular flexibility index (Phi) is 6.27. The molecule has 0 spiro atoms. The van der Waals surface area contributed by atoms with Crippen molar-refractivity contribution in [3.8, 4) is 0 Å². The fourth-order valence-electron chi connectivity index (χ4n) is 3.22. The Morgan fingerprint density at radius 3 is 2.21 bits per heavy atom. The smallest absolute Gasteiger partial charge is 0.247 e. The van der Waals surface area contributed by atoms with Crippen molar-refractivity contribution < 1.29 is 4.79 Å². The second-order valence-corrected chi connectivity index (χ2v) is 8.18. The van der Waals surface area contributed by atoms with Gasteiger partial charge in [0.1, 0.15) is 6.04 Å². The molecule has 0 aliphatic carbocycles. The Labute approximate surface area is 172 Å². The van der Waals surface area contributed by atoms with Gasteiger partial charge in [-0.3, -0.25) is 14.8 Å². The van der Waals surface area contributed by atoms with Crippen LogP contribution in [0.4, 0.5) is 5.69 Å². The number of anilines is 1. The number of carbonyl (C=O) groups excluding carboxylic acids is 1. The van der Waals surface area contributed by atoms with E-state index in [9.17, 15) is 4.79 Å². The van der Waals surface area contributed by atoms with E-state index in [-0.39, 0.29) is 11.3 Å². The molecule has 5 heteroatoms. The molecule has 0 fully saturated rings. The van der Waals surface area contributed by atoms with Crippen LogP contribution in [0.5, 0.6) is 0 Å². The van der Waals surface area contributed by atoms with Crippen LogP contribution in [0, 0.1) is 0 Å². The molecule has 0 aliphatic rings. The Hall–Kier alpha value is -3.21. The maximum atomic E-state index is 13.2. The van der Waals surface area contributed by atoms with Crippen LogP contribution in [0.3, 0.4) is 0 Å². The number of pyridine rings is 2. The van der Waals surface area contributed by atoms with E-state index in [2.05, 4.69) is 60.3 Å². The zero-order valence-electron chi connectivity index (χ0n) is 17.5. The number of hydrogen-bond donors (Lipinski definition) is 1. The lowest BCUT2D eigenvalue weighted by Gasteiger charge is -2.30. The van der Waals surface area contributed by atoms with E-state index in [1.807, 2.05) is 36.2 Å².